The molecule has 4 aromatic rings. The van der Waals surface area contributed by atoms with Crippen molar-refractivity contribution in [2.45, 2.75) is 105 Å². The molecule has 0 saturated carbocycles. The quantitative estimate of drug-likeness (QED) is 0.101. The molecule has 52 heavy (non-hydrogen) atoms. The zero-order valence-electron chi connectivity index (χ0n) is 26.5. The molecule has 1 amide bonds. The SMILES string of the molecule is C.C.C.CCC(=O)Nc1nc2c(ncn2[C@@H]2O[C@H](CO)[C@@H](O)[C@H]2O)c(=O)[nH]1.CCC(C)=O.Nc1nc2c(ncn2[C@@H]2O[C@H](CO)[C@@H](O)[C@H]2O)c(=O)[nH]1. The molecule has 4 aromatic heterocycles. The van der Waals surface area contributed by atoms with Crippen molar-refractivity contribution >= 4 is 45.9 Å². The second-order valence-corrected chi connectivity index (χ2v) is 10.9. The van der Waals surface area contributed by atoms with Crippen LogP contribution in [0.4, 0.5) is 11.9 Å². The first-order valence-electron chi connectivity index (χ1n) is 15.0. The summed E-state index contributed by atoms with van der Waals surface area (Å²) in [5.74, 6) is -0.245. The predicted octanol–water partition coefficient (Wildman–Crippen LogP) is -1.71. The van der Waals surface area contributed by atoms with Crippen molar-refractivity contribution in [2.24, 2.45) is 0 Å². The number of carbonyl (C=O) groups is 2. The normalized spacial score (nSPS) is 24.7. The fourth-order valence-corrected chi connectivity index (χ4v) is 4.74. The summed E-state index contributed by atoms with van der Waals surface area (Å²) in [6.45, 7) is 4.16. The molecular weight excluding hydrogens is 692 g/mol. The number of fused-ring (bicyclic) bond motifs is 2. The highest BCUT2D eigenvalue weighted by Crippen LogP contribution is 2.32. The molecule has 0 bridgehead atoms. The third kappa shape index (κ3) is 9.40. The van der Waals surface area contributed by atoms with Crippen molar-refractivity contribution in [3.63, 3.8) is 0 Å². The molecule has 11 N–H and O–H groups in total. The number of amides is 1. The lowest BCUT2D eigenvalue weighted by Gasteiger charge is -2.16. The number of hydrogen-bond acceptors (Lipinski definition) is 17. The number of imidazole rings is 2. The smallest absolute Gasteiger partial charge is 0.280 e. The fourth-order valence-electron chi connectivity index (χ4n) is 4.74. The van der Waals surface area contributed by atoms with Gasteiger partial charge in [-0.1, -0.05) is 36.1 Å². The zero-order chi connectivity index (χ0) is 36.2. The van der Waals surface area contributed by atoms with E-state index in [0.29, 0.717) is 6.42 Å². The highest BCUT2D eigenvalue weighted by molar-refractivity contribution is 5.89. The molecule has 2 fully saturated rings. The molecule has 22 heteroatoms. The lowest BCUT2D eigenvalue weighted by Crippen LogP contribution is -2.33. The van der Waals surface area contributed by atoms with Crippen LogP contribution in [0.5, 0.6) is 0 Å². The molecule has 0 unspecified atom stereocenters. The van der Waals surface area contributed by atoms with Crippen LogP contribution in [0.2, 0.25) is 0 Å². The third-order valence-corrected chi connectivity index (χ3v) is 7.54. The Morgan fingerprint density at radius 3 is 1.60 bits per heavy atom. The number of anilines is 2. The fraction of sp³-hybridized carbons (Fsp3) is 0.600. The van der Waals surface area contributed by atoms with Crippen LogP contribution in [0, 0.1) is 0 Å². The summed E-state index contributed by atoms with van der Waals surface area (Å²) in [7, 11) is 0. The van der Waals surface area contributed by atoms with Gasteiger partial charge in [0.05, 0.1) is 25.9 Å². The van der Waals surface area contributed by atoms with Gasteiger partial charge in [-0.25, -0.2) is 9.97 Å². The van der Waals surface area contributed by atoms with E-state index in [0.717, 1.165) is 0 Å². The molecule has 2 aliphatic heterocycles. The molecular formula is C30H50N10O12. The monoisotopic (exact) mass is 742 g/mol. The molecule has 2 aliphatic rings. The standard InChI is InChI=1S/C13H17N5O6.C10H13N5O5.C4H8O.3CH4/c1-2-6(20)15-13-16-10-7(11(23)17-13)14-4-18(10)12-9(22)8(21)5(3-19)24-12;11-10-13-7-4(8(19)14-10)12-2-15(7)9-6(18)5(17)3(1-16)20-9;1-3-4(2)5;;;/h4-5,8-9,12,19,21-22H,2-3H2,1H3,(H2,15,16,17,20,23);2-3,5-6,9,16-18H,1H2,(H3,11,13,14,19);3H2,1-2H3;3*1H4/t5-,8-,9-,12-;3-,5-,6-,9-;;;;/m11..../s1. The summed E-state index contributed by atoms with van der Waals surface area (Å²) in [6.07, 6.45) is -5.79. The lowest BCUT2D eigenvalue weighted by atomic mass is 10.1. The molecule has 0 aromatic carbocycles. The van der Waals surface area contributed by atoms with Crippen LogP contribution in [-0.2, 0) is 19.1 Å². The maximum atomic E-state index is 12.0. The first-order valence-corrected chi connectivity index (χ1v) is 15.0. The largest absolute Gasteiger partial charge is 0.394 e. The molecule has 22 nitrogen and oxygen atoms in total. The van der Waals surface area contributed by atoms with Crippen LogP contribution in [0.1, 0.15) is 68.3 Å². The summed E-state index contributed by atoms with van der Waals surface area (Å²) in [4.78, 5) is 65.5. The van der Waals surface area contributed by atoms with Gasteiger partial charge in [-0.2, -0.15) is 9.97 Å². The van der Waals surface area contributed by atoms with Gasteiger partial charge < -0.3 is 50.6 Å². The molecule has 2 saturated heterocycles. The number of carbonyl (C=O) groups excluding carboxylic acids is 2. The van der Waals surface area contributed by atoms with Crippen molar-refractivity contribution in [3.05, 3.63) is 33.4 Å². The number of aliphatic hydroxyl groups is 6. The topological polar surface area (TPSA) is 339 Å². The lowest BCUT2D eigenvalue weighted by molar-refractivity contribution is -0.117. The number of ketones is 1. The first kappa shape index (κ1) is 45.3. The maximum Gasteiger partial charge on any atom is 0.280 e. The zero-order valence-corrected chi connectivity index (χ0v) is 26.5. The van der Waals surface area contributed by atoms with Gasteiger partial charge in [0.25, 0.3) is 11.1 Å². The van der Waals surface area contributed by atoms with E-state index in [1.54, 1.807) is 13.8 Å². The van der Waals surface area contributed by atoms with Crippen molar-refractivity contribution < 1.29 is 49.7 Å². The molecule has 0 spiro atoms. The van der Waals surface area contributed by atoms with Crippen LogP contribution in [0.25, 0.3) is 22.3 Å². The number of nitrogen functional groups attached to an aromatic ring is 1. The van der Waals surface area contributed by atoms with Gasteiger partial charge in [-0.3, -0.25) is 38.8 Å². The van der Waals surface area contributed by atoms with Crippen molar-refractivity contribution in [1.29, 1.82) is 0 Å². The van der Waals surface area contributed by atoms with Gasteiger partial charge in [-0.15, -0.1) is 0 Å². The number of nitrogens with zero attached hydrogens (tertiary/aromatic N) is 6. The van der Waals surface area contributed by atoms with Gasteiger partial charge in [0.15, 0.2) is 34.8 Å². The van der Waals surface area contributed by atoms with Crippen LogP contribution < -0.4 is 22.2 Å². The Hall–Kier alpha value is -4.68. The summed E-state index contributed by atoms with van der Waals surface area (Å²) >= 11 is 0. The number of nitrogens with two attached hydrogens (primary N) is 1. The van der Waals surface area contributed by atoms with E-state index >= 15 is 0 Å². The van der Waals surface area contributed by atoms with Gasteiger partial charge in [0.1, 0.15) is 42.4 Å². The van der Waals surface area contributed by atoms with Crippen LogP contribution in [0.15, 0.2) is 22.2 Å². The van der Waals surface area contributed by atoms with E-state index in [-0.39, 0.29) is 74.6 Å². The second-order valence-electron chi connectivity index (χ2n) is 10.9. The molecule has 8 atom stereocenters. The molecule has 6 heterocycles. The van der Waals surface area contributed by atoms with Gasteiger partial charge in [0, 0.05) is 12.8 Å². The summed E-state index contributed by atoms with van der Waals surface area (Å²) in [6, 6.07) is 0. The number of H-pyrrole nitrogens is 2. The Kier molecular flexibility index (Phi) is 16.8. The number of aromatic nitrogens is 8. The number of ether oxygens (including phenoxy) is 2. The summed E-state index contributed by atoms with van der Waals surface area (Å²) in [5, 5.41) is 60.3. The number of hydrogen-bond donors (Lipinski definition) is 10. The molecule has 0 radical (unpaired) electrons. The van der Waals surface area contributed by atoms with Crippen LogP contribution in [0.3, 0.4) is 0 Å². The van der Waals surface area contributed by atoms with E-state index < -0.39 is 73.4 Å². The van der Waals surface area contributed by atoms with E-state index in [1.165, 1.54) is 21.8 Å². The number of rotatable bonds is 7. The average molecular weight is 743 g/mol. The molecule has 292 valence electrons. The minimum Gasteiger partial charge on any atom is -0.394 e. The summed E-state index contributed by atoms with van der Waals surface area (Å²) < 4.78 is 13.3. The number of nitrogens with one attached hydrogen (secondary N) is 3. The maximum absolute atomic E-state index is 12.0. The Bertz CT molecular complexity index is 1890. The average Bonchev–Trinajstić information content (AvgIpc) is 3.82. The minimum atomic E-state index is -1.34. The van der Waals surface area contributed by atoms with Crippen LogP contribution >= 0.6 is 0 Å². The Morgan fingerprint density at radius 1 is 0.788 bits per heavy atom. The van der Waals surface area contributed by atoms with Crippen molar-refractivity contribution in [2.75, 3.05) is 24.3 Å². The highest BCUT2D eigenvalue weighted by Gasteiger charge is 2.45. The Labute approximate surface area is 297 Å². The summed E-state index contributed by atoms with van der Waals surface area (Å²) in [5.41, 5.74) is 4.60. The minimum absolute atomic E-state index is 0. The Balaban J connectivity index is 0.000000442. The van der Waals surface area contributed by atoms with Gasteiger partial charge in [-0.05, 0) is 6.92 Å². The van der Waals surface area contributed by atoms with Gasteiger partial charge in [0.2, 0.25) is 17.8 Å². The Morgan fingerprint density at radius 2 is 1.21 bits per heavy atom. The number of Topliss-reactive ketones (excluding diaryl/α,β-unsaturated/α-hetero) is 1. The third-order valence-electron chi connectivity index (χ3n) is 7.54. The predicted molar refractivity (Wildman–Crippen MR) is 187 cm³/mol. The van der Waals surface area contributed by atoms with E-state index in [1.807, 2.05) is 6.92 Å². The van der Waals surface area contributed by atoms with E-state index in [2.05, 4.69) is 35.2 Å². The number of aromatic amines is 2. The van der Waals surface area contributed by atoms with E-state index in [9.17, 15) is 39.6 Å². The molecule has 6 rings (SSSR count). The second kappa shape index (κ2) is 19.2. The van der Waals surface area contributed by atoms with Crippen LogP contribution in [-0.4, -0.2) is 131 Å². The van der Waals surface area contributed by atoms with Gasteiger partial charge >= 0.3 is 0 Å². The van der Waals surface area contributed by atoms with Crippen molar-refractivity contribution in [3.8, 4) is 0 Å². The highest BCUT2D eigenvalue weighted by atomic mass is 16.6. The first-order chi connectivity index (χ1) is 23.3. The van der Waals surface area contributed by atoms with E-state index in [4.69, 9.17) is 25.4 Å². The number of aliphatic hydroxyl groups excluding tert-OH is 6. The molecule has 0 aliphatic carbocycles. The van der Waals surface area contributed by atoms with Crippen molar-refractivity contribution in [1.82, 2.24) is 39.0 Å².